The third-order valence-corrected chi connectivity index (χ3v) is 12.7. The van der Waals surface area contributed by atoms with Crippen molar-refractivity contribution in [1.29, 1.82) is 0 Å². The Hall–Kier alpha value is -2.76. The fourth-order valence-corrected chi connectivity index (χ4v) is 8.36. The Kier molecular flexibility index (Phi) is 28.6. The molecular weight excluding hydrogens is 884 g/mol. The van der Waals surface area contributed by atoms with Crippen LogP contribution in [0.3, 0.4) is 0 Å². The second-order valence-electron chi connectivity index (χ2n) is 15.8. The standard InChI is InChI=1S/C16H36N4.4C6H7O3P.2H2O/c1-13-11-15(3,4)19-10-8-18-14(2)12-16(5,6)20-9-7-17-13;4*7-10(8,9)6-4-2-1-3-5-6;;/h13-14,17-20H,7-12H2,1-6H3;4*1-5H,(H2,7,8,9);2*1H2/t13-,14+;;;;;;. The van der Waals surface area contributed by atoms with Crippen LogP contribution in [0.1, 0.15) is 54.4 Å². The fourth-order valence-electron chi connectivity index (χ4n) is 6.17. The number of hydrogen-bond acceptors (Lipinski definition) is 8. The van der Waals surface area contributed by atoms with Crippen LogP contribution in [0.4, 0.5) is 0 Å². The van der Waals surface area contributed by atoms with Gasteiger partial charge in [0.2, 0.25) is 0 Å². The van der Waals surface area contributed by atoms with Gasteiger partial charge in [0.25, 0.3) is 0 Å². The first kappa shape index (κ1) is 61.3. The van der Waals surface area contributed by atoms with Crippen LogP contribution in [-0.4, -0.2) is 79.9 Å². The molecule has 5 rings (SSSR count). The third-order valence-electron chi connectivity index (χ3n) is 8.89. The van der Waals surface area contributed by atoms with Crippen LogP contribution in [0.5, 0.6) is 0 Å². The Balaban J connectivity index is 0. The smallest absolute Gasteiger partial charge is 0.162 e. The monoisotopic (exact) mass is 952 g/mol. The summed E-state index contributed by atoms with van der Waals surface area (Å²) in [6.07, 6.45) is 2.57. The van der Waals surface area contributed by atoms with Crippen LogP contribution in [0.25, 0.3) is 0 Å². The largest absolute Gasteiger partial charge is 0.775 e. The number of nitrogens with two attached hydrogens (primary N) is 4. The predicted molar refractivity (Wildman–Crippen MR) is 234 cm³/mol. The minimum absolute atomic E-state index is 0. The topological polar surface area (TPSA) is 371 Å². The molecule has 0 aromatic heterocycles. The molecule has 16 N–H and O–H groups in total. The lowest BCUT2D eigenvalue weighted by atomic mass is 9.94. The van der Waals surface area contributed by atoms with Gasteiger partial charge >= 0.3 is 0 Å². The summed E-state index contributed by atoms with van der Waals surface area (Å²) in [6.45, 7) is 19.2. The normalized spacial score (nSPS) is 21.2. The third kappa shape index (κ3) is 28.8. The molecule has 1 aliphatic heterocycles. The first-order valence-electron chi connectivity index (χ1n) is 19.4. The molecule has 22 heteroatoms. The molecule has 1 aliphatic rings. The number of quaternary nitrogens is 4. The average molecular weight is 953 g/mol. The van der Waals surface area contributed by atoms with Crippen molar-refractivity contribution in [2.24, 2.45) is 0 Å². The van der Waals surface area contributed by atoms with Gasteiger partial charge < -0.3 is 89.6 Å². The van der Waals surface area contributed by atoms with Crippen LogP contribution in [-0.2, 0) is 18.3 Å². The Labute approximate surface area is 365 Å². The van der Waals surface area contributed by atoms with Crippen LogP contribution in [0.15, 0.2) is 121 Å². The van der Waals surface area contributed by atoms with Crippen molar-refractivity contribution in [3.05, 3.63) is 121 Å². The highest BCUT2D eigenvalue weighted by Crippen LogP contribution is 2.28. The maximum Gasteiger partial charge on any atom is 0.162 e. The quantitative estimate of drug-likeness (QED) is 0.0894. The zero-order chi connectivity index (χ0) is 45.7. The van der Waals surface area contributed by atoms with E-state index in [-0.39, 0.29) is 32.2 Å². The summed E-state index contributed by atoms with van der Waals surface area (Å²) in [5.74, 6) is 0. The molecule has 0 saturated carbocycles. The summed E-state index contributed by atoms with van der Waals surface area (Å²) in [5, 5.41) is 9.97. The van der Waals surface area contributed by atoms with Gasteiger partial charge in [-0.15, -0.1) is 0 Å². The van der Waals surface area contributed by atoms with E-state index in [1.165, 1.54) is 87.6 Å². The van der Waals surface area contributed by atoms with E-state index in [9.17, 15) is 37.8 Å². The van der Waals surface area contributed by atoms with Gasteiger partial charge in [-0.05, 0) is 41.5 Å². The lowest BCUT2D eigenvalue weighted by molar-refractivity contribution is -0.799. The zero-order valence-electron chi connectivity index (χ0n) is 36.1. The lowest BCUT2D eigenvalue weighted by Crippen LogP contribution is -3.06. The van der Waals surface area contributed by atoms with Gasteiger partial charge in [0.15, 0.2) is 30.4 Å². The zero-order valence-corrected chi connectivity index (χ0v) is 39.7. The lowest BCUT2D eigenvalue weighted by Gasteiger charge is -2.28. The van der Waals surface area contributed by atoms with Gasteiger partial charge in [-0.3, -0.25) is 0 Å². The molecule has 1 heterocycles. The molecule has 4 aromatic rings. The first-order chi connectivity index (χ1) is 27.6. The molecule has 0 spiro atoms. The SMILES string of the molecule is C[C@@H]1CC(C)(C)[NH2+]CC[NH2+][C@@H](C)CC(C)(C)[NH2+]CC[NH2+]1.O.O.O=P([O-])(O)c1ccccc1.O=P([O-])(O)c1ccccc1.O=P([O-])(O)c1ccccc1.O=P([O-])(O)c1ccccc1. The molecule has 62 heavy (non-hydrogen) atoms. The van der Waals surface area contributed by atoms with Gasteiger partial charge in [-0.2, -0.15) is 0 Å². The molecule has 1 saturated heterocycles. The predicted octanol–water partition coefficient (Wildman–Crippen LogP) is -4.85. The molecular formula is C40H68N4O14P4. The first-order valence-corrected chi connectivity index (χ1v) is 25.7. The van der Waals surface area contributed by atoms with Gasteiger partial charge in [0, 0.05) is 21.2 Å². The molecule has 0 radical (unpaired) electrons. The van der Waals surface area contributed by atoms with E-state index in [4.69, 9.17) is 19.6 Å². The minimum atomic E-state index is -4.27. The van der Waals surface area contributed by atoms with Crippen LogP contribution in [0, 0.1) is 0 Å². The molecule has 4 unspecified atom stereocenters. The van der Waals surface area contributed by atoms with Crippen molar-refractivity contribution in [3.8, 4) is 0 Å². The molecule has 18 nitrogen and oxygen atoms in total. The summed E-state index contributed by atoms with van der Waals surface area (Å²) in [5.41, 5.74) is 0.750. The molecule has 1 fully saturated rings. The molecule has 6 atom stereocenters. The van der Waals surface area contributed by atoms with Gasteiger partial charge in [-0.1, -0.05) is 121 Å². The van der Waals surface area contributed by atoms with E-state index in [0.29, 0.717) is 11.1 Å². The van der Waals surface area contributed by atoms with Crippen molar-refractivity contribution in [2.45, 2.75) is 77.5 Å². The van der Waals surface area contributed by atoms with Crippen molar-refractivity contribution in [3.63, 3.8) is 0 Å². The Morgan fingerprint density at radius 2 is 0.629 bits per heavy atom. The molecule has 0 amide bonds. The van der Waals surface area contributed by atoms with E-state index in [1.807, 2.05) is 0 Å². The summed E-state index contributed by atoms with van der Waals surface area (Å²) < 4.78 is 41.7. The highest BCUT2D eigenvalue weighted by Gasteiger charge is 2.29. The summed E-state index contributed by atoms with van der Waals surface area (Å²) >= 11 is 0. The number of hydrogen-bond donors (Lipinski definition) is 8. The van der Waals surface area contributed by atoms with E-state index in [1.54, 1.807) is 72.8 Å². The fraction of sp³-hybridized carbons (Fsp3) is 0.400. The highest BCUT2D eigenvalue weighted by atomic mass is 31.2. The molecule has 4 aromatic carbocycles. The average Bonchev–Trinajstić information content (AvgIpc) is 3.16. The van der Waals surface area contributed by atoms with Gasteiger partial charge in [-0.25, -0.2) is 0 Å². The molecule has 0 bridgehead atoms. The maximum absolute atomic E-state index is 10.4. The summed E-state index contributed by atoms with van der Waals surface area (Å²) in [6, 6.07) is 31.3. The van der Waals surface area contributed by atoms with Crippen molar-refractivity contribution < 1.29 is 89.6 Å². The van der Waals surface area contributed by atoms with E-state index >= 15 is 0 Å². The van der Waals surface area contributed by atoms with Crippen molar-refractivity contribution >= 4 is 51.6 Å². The van der Waals surface area contributed by atoms with Crippen LogP contribution in [0.2, 0.25) is 0 Å². The minimum Gasteiger partial charge on any atom is -0.775 e. The highest BCUT2D eigenvalue weighted by molar-refractivity contribution is 7.59. The summed E-state index contributed by atoms with van der Waals surface area (Å²) in [7, 11) is -17.1. The van der Waals surface area contributed by atoms with E-state index in [2.05, 4.69) is 62.8 Å². The van der Waals surface area contributed by atoms with Crippen LogP contribution < -0.4 is 62.1 Å². The number of rotatable bonds is 4. The van der Waals surface area contributed by atoms with Crippen molar-refractivity contribution in [2.75, 3.05) is 26.2 Å². The second kappa shape index (κ2) is 28.9. The molecule has 352 valence electrons. The van der Waals surface area contributed by atoms with Gasteiger partial charge in [0.1, 0.15) is 26.2 Å². The van der Waals surface area contributed by atoms with Gasteiger partial charge in [0.05, 0.1) is 36.0 Å². The Morgan fingerprint density at radius 3 is 0.790 bits per heavy atom. The van der Waals surface area contributed by atoms with E-state index in [0.717, 1.165) is 12.1 Å². The Morgan fingerprint density at radius 1 is 0.435 bits per heavy atom. The van der Waals surface area contributed by atoms with E-state index < -0.39 is 30.4 Å². The van der Waals surface area contributed by atoms with Crippen LogP contribution >= 0.6 is 30.4 Å². The molecule has 0 aliphatic carbocycles. The number of benzene rings is 4. The second-order valence-corrected chi connectivity index (χ2v) is 22.0. The Bertz CT molecular complexity index is 1710. The summed E-state index contributed by atoms with van der Waals surface area (Å²) in [4.78, 5) is 75.6. The van der Waals surface area contributed by atoms with Crippen molar-refractivity contribution in [1.82, 2.24) is 0 Å². The maximum atomic E-state index is 10.4.